The number of aryl methyl sites for hydroxylation is 1. The van der Waals surface area contributed by atoms with Crippen LogP contribution < -0.4 is 0 Å². The molecule has 0 aliphatic heterocycles. The van der Waals surface area contributed by atoms with Crippen molar-refractivity contribution in [2.24, 2.45) is 0 Å². The topological polar surface area (TPSA) is 70.4 Å². The number of fused-ring (bicyclic) bond motifs is 1. The number of rotatable bonds is 11. The normalized spacial score (nSPS) is 15.5. The summed E-state index contributed by atoms with van der Waals surface area (Å²) < 4.78 is 27.5. The highest BCUT2D eigenvalue weighted by molar-refractivity contribution is 8.01. The molecule has 208 valence electrons. The second-order valence-corrected chi connectivity index (χ2v) is 13.6. The van der Waals surface area contributed by atoms with Gasteiger partial charge in [0.05, 0.1) is 22.2 Å². The number of benzene rings is 3. The summed E-state index contributed by atoms with van der Waals surface area (Å²) in [6, 6.07) is 18.4. The van der Waals surface area contributed by atoms with Crippen LogP contribution in [-0.2, 0) is 16.8 Å². The van der Waals surface area contributed by atoms with E-state index in [1.165, 1.54) is 17.4 Å². The lowest BCUT2D eigenvalue weighted by molar-refractivity contribution is -0.137. The van der Waals surface area contributed by atoms with Gasteiger partial charge in [-0.05, 0) is 73.9 Å². The molecule has 4 aromatic rings. The molecule has 1 aliphatic carbocycles. The number of halogens is 2. The van der Waals surface area contributed by atoms with Crippen LogP contribution >= 0.6 is 23.1 Å². The van der Waals surface area contributed by atoms with E-state index in [0.29, 0.717) is 15.2 Å². The first-order valence-corrected chi connectivity index (χ1v) is 14.9. The minimum absolute atomic E-state index is 0.0680. The highest BCUT2D eigenvalue weighted by Crippen LogP contribution is 2.57. The summed E-state index contributed by atoms with van der Waals surface area (Å²) in [4.78, 5) is 16.0. The van der Waals surface area contributed by atoms with Crippen LogP contribution in [0.2, 0.25) is 0 Å². The van der Waals surface area contributed by atoms with Gasteiger partial charge >= 0.3 is 5.97 Å². The molecule has 1 aliphatic rings. The Morgan fingerprint density at radius 1 is 1.10 bits per heavy atom. The number of aliphatic hydroxyl groups is 1. The molecule has 5 rings (SSSR count). The third-order valence-electron chi connectivity index (χ3n) is 7.17. The zero-order valence-electron chi connectivity index (χ0n) is 22.4. The van der Waals surface area contributed by atoms with Crippen LogP contribution in [0.3, 0.4) is 0 Å². The van der Waals surface area contributed by atoms with Gasteiger partial charge in [0.1, 0.15) is 5.01 Å². The van der Waals surface area contributed by atoms with Crippen molar-refractivity contribution in [2.75, 3.05) is 0 Å². The molecular weight excluding hydrogens is 548 g/mol. The van der Waals surface area contributed by atoms with Gasteiger partial charge in [-0.3, -0.25) is 4.79 Å². The van der Waals surface area contributed by atoms with Crippen molar-refractivity contribution >= 4 is 51.4 Å². The third kappa shape index (κ3) is 6.79. The predicted molar refractivity (Wildman–Crippen MR) is 159 cm³/mol. The van der Waals surface area contributed by atoms with E-state index in [0.717, 1.165) is 54.0 Å². The third-order valence-corrected chi connectivity index (χ3v) is 10.0. The molecule has 1 atom stereocenters. The Bertz CT molecular complexity index is 1530. The first-order chi connectivity index (χ1) is 19.0. The average Bonchev–Trinajstić information content (AvgIpc) is 3.53. The van der Waals surface area contributed by atoms with Gasteiger partial charge in [0.2, 0.25) is 0 Å². The molecule has 0 bridgehead atoms. The van der Waals surface area contributed by atoms with E-state index in [-0.39, 0.29) is 16.4 Å². The Hall–Kier alpha value is -3.07. The Balaban J connectivity index is 1.40. The van der Waals surface area contributed by atoms with Crippen molar-refractivity contribution < 1.29 is 23.8 Å². The van der Waals surface area contributed by atoms with Gasteiger partial charge in [0, 0.05) is 16.1 Å². The van der Waals surface area contributed by atoms with Crippen molar-refractivity contribution in [1.82, 2.24) is 4.98 Å². The lowest BCUT2D eigenvalue weighted by atomic mass is 9.90. The van der Waals surface area contributed by atoms with Gasteiger partial charge in [0.15, 0.2) is 11.6 Å². The highest BCUT2D eigenvalue weighted by atomic mass is 32.2. The number of aromatic nitrogens is 1. The SMILES string of the molecule is CC(C)(O)c1ccccc1CCC(SC1(CC(=O)O)CC1)c1cccc(/C=C/c2nc3cc(F)c(F)cc3s2)c1. The standard InChI is InChI=1S/C32H31F2NO3S2/c1-31(2,38)23-9-4-3-7-21(23)11-12-27(40-32(14-15-32)19-30(36)37)22-8-5-6-20(16-22)10-13-29-35-26-17-24(33)25(34)18-28(26)39-29/h3-10,13,16-18,27,38H,11-12,14-15,19H2,1-2H3,(H,36,37)/b13-10+. The number of hydrogen-bond donors (Lipinski definition) is 2. The Morgan fingerprint density at radius 2 is 1.85 bits per heavy atom. The Morgan fingerprint density at radius 3 is 2.58 bits per heavy atom. The molecule has 0 amide bonds. The summed E-state index contributed by atoms with van der Waals surface area (Å²) in [5.41, 5.74) is 3.52. The van der Waals surface area contributed by atoms with Gasteiger partial charge in [-0.2, -0.15) is 0 Å². The van der Waals surface area contributed by atoms with Crippen LogP contribution in [0.15, 0.2) is 60.7 Å². The number of carbonyl (C=O) groups is 1. The predicted octanol–water partition coefficient (Wildman–Crippen LogP) is 8.39. The maximum atomic E-state index is 13.6. The molecule has 3 aromatic carbocycles. The van der Waals surface area contributed by atoms with Crippen molar-refractivity contribution in [3.63, 3.8) is 0 Å². The minimum Gasteiger partial charge on any atom is -0.481 e. The first-order valence-electron chi connectivity index (χ1n) is 13.3. The molecule has 8 heteroatoms. The van der Waals surface area contributed by atoms with Crippen LogP contribution in [0, 0.1) is 11.6 Å². The fourth-order valence-corrected chi connectivity index (χ4v) is 7.56. The molecule has 4 nitrogen and oxygen atoms in total. The summed E-state index contributed by atoms with van der Waals surface area (Å²) >= 11 is 3.05. The second kappa shape index (κ2) is 11.4. The molecule has 1 saturated carbocycles. The Kier molecular flexibility index (Phi) is 8.13. The molecule has 2 N–H and O–H groups in total. The quantitative estimate of drug-likeness (QED) is 0.187. The maximum absolute atomic E-state index is 13.6. The number of carboxylic acids is 1. The van der Waals surface area contributed by atoms with Gasteiger partial charge in [-0.1, -0.05) is 54.6 Å². The number of thiazole rings is 1. The van der Waals surface area contributed by atoms with E-state index in [1.807, 2.05) is 48.6 Å². The van der Waals surface area contributed by atoms with Crippen molar-refractivity contribution in [1.29, 1.82) is 0 Å². The molecule has 0 radical (unpaired) electrons. The second-order valence-electron chi connectivity index (χ2n) is 10.9. The number of aliphatic carboxylic acids is 1. The fourth-order valence-electron chi connectivity index (χ4n) is 5.01. The van der Waals surface area contributed by atoms with E-state index >= 15 is 0 Å². The number of thioether (sulfide) groups is 1. The summed E-state index contributed by atoms with van der Waals surface area (Å²) in [6.45, 7) is 3.58. The van der Waals surface area contributed by atoms with Crippen LogP contribution in [0.4, 0.5) is 8.78 Å². The molecule has 1 fully saturated rings. The molecule has 40 heavy (non-hydrogen) atoms. The van der Waals surface area contributed by atoms with Gasteiger partial charge < -0.3 is 10.2 Å². The molecular formula is C32H31F2NO3S2. The van der Waals surface area contributed by atoms with Crippen LogP contribution in [-0.4, -0.2) is 25.9 Å². The lowest BCUT2D eigenvalue weighted by Crippen LogP contribution is -2.18. The van der Waals surface area contributed by atoms with Crippen molar-refractivity contribution in [3.05, 3.63) is 99.6 Å². The molecule has 0 saturated heterocycles. The Labute approximate surface area is 240 Å². The van der Waals surface area contributed by atoms with Gasteiger partial charge in [-0.25, -0.2) is 13.8 Å². The average molecular weight is 580 g/mol. The molecule has 0 spiro atoms. The van der Waals surface area contributed by atoms with Gasteiger partial charge in [-0.15, -0.1) is 23.1 Å². The van der Waals surface area contributed by atoms with Crippen LogP contribution in [0.1, 0.15) is 72.0 Å². The summed E-state index contributed by atoms with van der Waals surface area (Å²) in [5, 5.41) is 20.9. The molecule has 1 heterocycles. The number of carboxylic acid groups (broad SMARTS) is 1. The monoisotopic (exact) mass is 579 g/mol. The largest absolute Gasteiger partial charge is 0.481 e. The van der Waals surface area contributed by atoms with E-state index in [1.54, 1.807) is 25.6 Å². The summed E-state index contributed by atoms with van der Waals surface area (Å²) in [5.74, 6) is -2.57. The van der Waals surface area contributed by atoms with Crippen LogP contribution in [0.25, 0.3) is 22.4 Å². The molecule has 1 aromatic heterocycles. The van der Waals surface area contributed by atoms with E-state index in [9.17, 15) is 23.8 Å². The molecule has 1 unspecified atom stereocenters. The maximum Gasteiger partial charge on any atom is 0.304 e. The fraction of sp³-hybridized carbons (Fsp3) is 0.312. The van der Waals surface area contributed by atoms with E-state index < -0.39 is 23.2 Å². The first kappa shape index (κ1) is 28.5. The highest BCUT2D eigenvalue weighted by Gasteiger charge is 2.47. The summed E-state index contributed by atoms with van der Waals surface area (Å²) in [6.07, 6.45) is 7.24. The summed E-state index contributed by atoms with van der Waals surface area (Å²) in [7, 11) is 0. The lowest BCUT2D eigenvalue weighted by Gasteiger charge is -2.25. The van der Waals surface area contributed by atoms with Gasteiger partial charge in [0.25, 0.3) is 0 Å². The zero-order valence-corrected chi connectivity index (χ0v) is 24.0. The number of nitrogens with zero attached hydrogens (tertiary/aromatic N) is 1. The minimum atomic E-state index is -0.955. The zero-order chi connectivity index (χ0) is 28.5. The smallest absolute Gasteiger partial charge is 0.304 e. The van der Waals surface area contributed by atoms with E-state index in [2.05, 4.69) is 17.1 Å². The van der Waals surface area contributed by atoms with Crippen LogP contribution in [0.5, 0.6) is 0 Å². The number of hydrogen-bond acceptors (Lipinski definition) is 5. The van der Waals surface area contributed by atoms with Crippen molar-refractivity contribution in [3.8, 4) is 0 Å². The van der Waals surface area contributed by atoms with Crippen molar-refractivity contribution in [2.45, 2.75) is 61.5 Å². The van der Waals surface area contributed by atoms with E-state index in [4.69, 9.17) is 0 Å².